The molecule has 0 saturated carbocycles. The molecule has 2 amide bonds. The summed E-state index contributed by atoms with van der Waals surface area (Å²) in [6.45, 7) is 0.597. The highest BCUT2D eigenvalue weighted by molar-refractivity contribution is 9.10. The molecule has 0 aliphatic heterocycles. The second-order valence-electron chi connectivity index (χ2n) is 5.51. The summed E-state index contributed by atoms with van der Waals surface area (Å²) in [6, 6.07) is 9.69. The van der Waals surface area contributed by atoms with Gasteiger partial charge in [-0.15, -0.1) is 0 Å². The van der Waals surface area contributed by atoms with Gasteiger partial charge in [-0.1, -0.05) is 18.2 Å². The summed E-state index contributed by atoms with van der Waals surface area (Å²) in [7, 11) is 0. The SMILES string of the molecule is Cc1ccc(C(=O)OCC(=O)NCC(=O)Nc2ccccc2Br)c(O)c1O. The molecule has 2 aromatic rings. The maximum absolute atomic E-state index is 11.9. The van der Waals surface area contributed by atoms with Crippen LogP contribution >= 0.6 is 15.9 Å². The lowest BCUT2D eigenvalue weighted by Gasteiger charge is -2.10. The van der Waals surface area contributed by atoms with Gasteiger partial charge in [-0.25, -0.2) is 4.79 Å². The van der Waals surface area contributed by atoms with Gasteiger partial charge in [0, 0.05) is 4.47 Å². The van der Waals surface area contributed by atoms with Gasteiger partial charge in [0.15, 0.2) is 18.1 Å². The van der Waals surface area contributed by atoms with E-state index < -0.39 is 35.9 Å². The number of phenols is 2. The average Bonchev–Trinajstić information content (AvgIpc) is 2.64. The zero-order valence-electron chi connectivity index (χ0n) is 14.3. The fraction of sp³-hybridized carbons (Fsp3) is 0.167. The molecule has 9 heteroatoms. The Balaban J connectivity index is 1.81. The third-order valence-corrected chi connectivity index (χ3v) is 4.19. The molecule has 0 heterocycles. The molecule has 0 unspecified atom stereocenters. The molecule has 142 valence electrons. The van der Waals surface area contributed by atoms with Crippen molar-refractivity contribution in [2.75, 3.05) is 18.5 Å². The highest BCUT2D eigenvalue weighted by atomic mass is 79.9. The Morgan fingerprint density at radius 1 is 1.04 bits per heavy atom. The predicted octanol–water partition coefficient (Wildman–Crippen LogP) is 2.08. The molecule has 4 N–H and O–H groups in total. The molecule has 0 aliphatic rings. The highest BCUT2D eigenvalue weighted by Gasteiger charge is 2.18. The molecule has 0 atom stereocenters. The summed E-state index contributed by atoms with van der Waals surface area (Å²) in [5.41, 5.74) is 0.674. The number of aromatic hydroxyl groups is 2. The van der Waals surface area contributed by atoms with Crippen LogP contribution in [0.1, 0.15) is 15.9 Å². The van der Waals surface area contributed by atoms with Crippen LogP contribution in [0.15, 0.2) is 40.9 Å². The van der Waals surface area contributed by atoms with Crippen LogP contribution in [0.3, 0.4) is 0 Å². The number of benzene rings is 2. The zero-order chi connectivity index (χ0) is 20.0. The molecular weight excluding hydrogens is 420 g/mol. The molecule has 0 spiro atoms. The van der Waals surface area contributed by atoms with E-state index in [1.54, 1.807) is 31.2 Å². The van der Waals surface area contributed by atoms with Gasteiger partial charge in [0.05, 0.1) is 12.2 Å². The van der Waals surface area contributed by atoms with E-state index in [-0.39, 0.29) is 12.1 Å². The van der Waals surface area contributed by atoms with Crippen molar-refractivity contribution in [2.45, 2.75) is 6.92 Å². The van der Waals surface area contributed by atoms with Crippen molar-refractivity contribution in [3.8, 4) is 11.5 Å². The summed E-state index contributed by atoms with van der Waals surface area (Å²) >= 11 is 3.29. The lowest BCUT2D eigenvalue weighted by atomic mass is 10.1. The number of hydrogen-bond acceptors (Lipinski definition) is 6. The molecule has 8 nitrogen and oxygen atoms in total. The first-order valence-electron chi connectivity index (χ1n) is 7.79. The standard InChI is InChI=1S/C18H17BrN2O6/c1-10-6-7-11(17(25)16(10)24)18(26)27-9-15(23)20-8-14(22)21-13-5-3-2-4-12(13)19/h2-7,24-25H,8-9H2,1H3,(H,20,23)(H,21,22). The molecule has 27 heavy (non-hydrogen) atoms. The molecule has 0 fully saturated rings. The quantitative estimate of drug-likeness (QED) is 0.405. The third kappa shape index (κ3) is 5.45. The van der Waals surface area contributed by atoms with Gasteiger partial charge in [0.2, 0.25) is 5.91 Å². The number of carbonyl (C=O) groups excluding carboxylic acids is 3. The van der Waals surface area contributed by atoms with E-state index >= 15 is 0 Å². The van der Waals surface area contributed by atoms with Crippen LogP contribution in [0.5, 0.6) is 11.5 Å². The fourth-order valence-electron chi connectivity index (χ4n) is 2.04. The van der Waals surface area contributed by atoms with E-state index in [0.29, 0.717) is 15.7 Å². The third-order valence-electron chi connectivity index (χ3n) is 3.50. The number of carbonyl (C=O) groups is 3. The van der Waals surface area contributed by atoms with E-state index in [4.69, 9.17) is 4.74 Å². The summed E-state index contributed by atoms with van der Waals surface area (Å²) in [6.07, 6.45) is 0. The molecule has 0 saturated heterocycles. The number of aryl methyl sites for hydroxylation is 1. The Morgan fingerprint density at radius 3 is 2.44 bits per heavy atom. The second kappa shape index (κ2) is 9.04. The van der Waals surface area contributed by atoms with Crippen molar-refractivity contribution in [2.24, 2.45) is 0 Å². The lowest BCUT2D eigenvalue weighted by molar-refractivity contribution is -0.126. The fourth-order valence-corrected chi connectivity index (χ4v) is 2.42. The first kappa shape index (κ1) is 20.2. The maximum Gasteiger partial charge on any atom is 0.342 e. The monoisotopic (exact) mass is 436 g/mol. The Kier molecular flexibility index (Phi) is 6.78. The first-order chi connectivity index (χ1) is 12.8. The van der Waals surface area contributed by atoms with Gasteiger partial charge in [-0.3, -0.25) is 9.59 Å². The Morgan fingerprint density at radius 2 is 1.74 bits per heavy atom. The molecule has 0 aromatic heterocycles. The summed E-state index contributed by atoms with van der Waals surface area (Å²) < 4.78 is 5.47. The number of amides is 2. The lowest BCUT2D eigenvalue weighted by Crippen LogP contribution is -2.35. The number of esters is 1. The van der Waals surface area contributed by atoms with Crippen molar-refractivity contribution in [1.82, 2.24) is 5.32 Å². The van der Waals surface area contributed by atoms with Gasteiger partial charge >= 0.3 is 5.97 Å². The molecule has 0 radical (unpaired) electrons. The van der Waals surface area contributed by atoms with Crippen LogP contribution in [0, 0.1) is 6.92 Å². The van der Waals surface area contributed by atoms with E-state index in [1.165, 1.54) is 12.1 Å². The number of hydrogen-bond donors (Lipinski definition) is 4. The largest absolute Gasteiger partial charge is 0.504 e. The number of halogens is 1. The molecule has 2 aromatic carbocycles. The van der Waals surface area contributed by atoms with Gasteiger partial charge in [0.25, 0.3) is 5.91 Å². The number of phenolic OH excluding ortho intramolecular Hbond substituents is 2. The van der Waals surface area contributed by atoms with Crippen molar-refractivity contribution < 1.29 is 29.3 Å². The summed E-state index contributed by atoms with van der Waals surface area (Å²) in [5.74, 6) is -3.18. The summed E-state index contributed by atoms with van der Waals surface area (Å²) in [5, 5.41) is 24.3. The number of anilines is 1. The zero-order valence-corrected chi connectivity index (χ0v) is 15.9. The van der Waals surface area contributed by atoms with Crippen molar-refractivity contribution >= 4 is 39.4 Å². The van der Waals surface area contributed by atoms with Crippen LogP contribution in [0.4, 0.5) is 5.69 Å². The topological polar surface area (TPSA) is 125 Å². The van der Waals surface area contributed by atoms with Gasteiger partial charge in [-0.2, -0.15) is 0 Å². The predicted molar refractivity (Wildman–Crippen MR) is 101 cm³/mol. The van der Waals surface area contributed by atoms with Gasteiger partial charge in [-0.05, 0) is 46.6 Å². The van der Waals surface area contributed by atoms with E-state index in [0.717, 1.165) is 0 Å². The van der Waals surface area contributed by atoms with E-state index in [1.807, 2.05) is 0 Å². The van der Waals surface area contributed by atoms with E-state index in [2.05, 4.69) is 26.6 Å². The molecule has 2 rings (SSSR count). The minimum Gasteiger partial charge on any atom is -0.504 e. The molecule has 0 bridgehead atoms. The Bertz CT molecular complexity index is 884. The van der Waals surface area contributed by atoms with Crippen LogP contribution < -0.4 is 10.6 Å². The van der Waals surface area contributed by atoms with E-state index in [9.17, 15) is 24.6 Å². The number of rotatable bonds is 6. The highest BCUT2D eigenvalue weighted by Crippen LogP contribution is 2.32. The van der Waals surface area contributed by atoms with Crippen LogP contribution in [0.25, 0.3) is 0 Å². The number of ether oxygens (including phenoxy) is 1. The van der Waals surface area contributed by atoms with Crippen LogP contribution in [0.2, 0.25) is 0 Å². The van der Waals surface area contributed by atoms with Crippen molar-refractivity contribution in [3.63, 3.8) is 0 Å². The normalized spacial score (nSPS) is 10.1. The van der Waals surface area contributed by atoms with Gasteiger partial charge in [0.1, 0.15) is 5.56 Å². The minimum atomic E-state index is -0.976. The smallest absolute Gasteiger partial charge is 0.342 e. The molecule has 0 aliphatic carbocycles. The second-order valence-corrected chi connectivity index (χ2v) is 6.36. The number of nitrogens with one attached hydrogen (secondary N) is 2. The number of para-hydroxylation sites is 1. The minimum absolute atomic E-state index is 0.266. The Hall–Kier alpha value is -3.07. The Labute approximate surface area is 163 Å². The molecular formula is C18H17BrN2O6. The maximum atomic E-state index is 11.9. The van der Waals surface area contributed by atoms with Crippen LogP contribution in [-0.2, 0) is 14.3 Å². The van der Waals surface area contributed by atoms with Crippen LogP contribution in [-0.4, -0.2) is 41.1 Å². The van der Waals surface area contributed by atoms with Gasteiger partial charge < -0.3 is 25.6 Å². The average molecular weight is 437 g/mol. The van der Waals surface area contributed by atoms with Crippen molar-refractivity contribution in [3.05, 3.63) is 52.0 Å². The summed E-state index contributed by atoms with van der Waals surface area (Å²) in [4.78, 5) is 35.4. The first-order valence-corrected chi connectivity index (χ1v) is 8.58. The van der Waals surface area contributed by atoms with Crippen molar-refractivity contribution in [1.29, 1.82) is 0 Å².